The zero-order valence-electron chi connectivity index (χ0n) is 21.1. The summed E-state index contributed by atoms with van der Waals surface area (Å²) in [6.07, 6.45) is 0.671. The number of amides is 1. The van der Waals surface area contributed by atoms with Crippen molar-refractivity contribution >= 4 is 27.8 Å². The number of rotatable bonds is 8. The second-order valence-corrected chi connectivity index (χ2v) is 9.49. The van der Waals surface area contributed by atoms with Crippen molar-refractivity contribution in [1.29, 1.82) is 0 Å². The smallest absolute Gasteiger partial charge is 0.254 e. The summed E-state index contributed by atoms with van der Waals surface area (Å²) >= 11 is 0. The fraction of sp³-hybridized carbons (Fsp3) is 0.407. The van der Waals surface area contributed by atoms with E-state index in [-0.39, 0.29) is 18.6 Å². The number of carbonyl (C=O) groups is 1. The average Bonchev–Trinajstić information content (AvgIpc) is 3.41. The third-order valence-electron chi connectivity index (χ3n) is 7.10. The molecule has 9 heteroatoms. The monoisotopic (exact) mass is 493 g/mol. The van der Waals surface area contributed by atoms with Crippen LogP contribution in [0.5, 0.6) is 5.75 Å². The summed E-state index contributed by atoms with van der Waals surface area (Å²) in [4.78, 5) is 19.8. The highest BCUT2D eigenvalue weighted by Gasteiger charge is 2.28. The molecule has 0 radical (unpaired) electrons. The van der Waals surface area contributed by atoms with Crippen LogP contribution in [0.3, 0.4) is 0 Å². The number of fused-ring (bicyclic) bond motifs is 3. The van der Waals surface area contributed by atoms with Gasteiger partial charge in [0.1, 0.15) is 12.4 Å². The lowest BCUT2D eigenvalue weighted by molar-refractivity contribution is 0.0725. The summed E-state index contributed by atoms with van der Waals surface area (Å²) in [6, 6.07) is 11.3. The van der Waals surface area contributed by atoms with Crippen LogP contribution in [0.25, 0.3) is 33.5 Å². The summed E-state index contributed by atoms with van der Waals surface area (Å²) < 4.78 is 28.5. The van der Waals surface area contributed by atoms with Crippen LogP contribution in [0.1, 0.15) is 22.8 Å². The van der Waals surface area contributed by atoms with Gasteiger partial charge in [0.05, 0.1) is 41.5 Å². The Bertz CT molecular complexity index is 1440. The van der Waals surface area contributed by atoms with Gasteiger partial charge in [0, 0.05) is 44.7 Å². The van der Waals surface area contributed by atoms with Gasteiger partial charge in [-0.1, -0.05) is 12.1 Å². The lowest BCUT2D eigenvalue weighted by atomic mass is 9.97. The molecule has 3 heterocycles. The zero-order valence-corrected chi connectivity index (χ0v) is 21.1. The number of aromatic nitrogens is 3. The van der Waals surface area contributed by atoms with Gasteiger partial charge in [-0.2, -0.15) is 0 Å². The number of hydrogen-bond donors (Lipinski definition) is 1. The second kappa shape index (κ2) is 9.55. The SMILES string of the molecule is COc1cccc2cc(-c3nc4cc5c(cc4n3C)CCN(CC(N)CF)C5=O)n(CC(C)OC)c12. The van der Waals surface area contributed by atoms with Crippen molar-refractivity contribution < 1.29 is 18.7 Å². The number of benzene rings is 2. The van der Waals surface area contributed by atoms with E-state index < -0.39 is 12.7 Å². The van der Waals surface area contributed by atoms with E-state index in [4.69, 9.17) is 20.2 Å². The topological polar surface area (TPSA) is 87.5 Å². The van der Waals surface area contributed by atoms with Crippen molar-refractivity contribution in [3.8, 4) is 17.3 Å². The van der Waals surface area contributed by atoms with Gasteiger partial charge in [-0.05, 0) is 43.2 Å². The molecule has 1 aliphatic rings. The molecule has 36 heavy (non-hydrogen) atoms. The quantitative estimate of drug-likeness (QED) is 0.406. The Hall–Kier alpha value is -3.43. The summed E-state index contributed by atoms with van der Waals surface area (Å²) in [7, 11) is 5.37. The number of nitrogens with zero attached hydrogens (tertiary/aromatic N) is 4. The lowest BCUT2D eigenvalue weighted by Gasteiger charge is -2.30. The molecular formula is C27H32FN5O3. The molecule has 2 unspecified atom stereocenters. The van der Waals surface area contributed by atoms with Gasteiger partial charge in [-0.3, -0.25) is 4.79 Å². The van der Waals surface area contributed by atoms with Crippen LogP contribution in [0, 0.1) is 0 Å². The average molecular weight is 494 g/mol. The molecule has 2 aromatic carbocycles. The van der Waals surface area contributed by atoms with Crippen LogP contribution in [0.15, 0.2) is 36.4 Å². The van der Waals surface area contributed by atoms with Crippen molar-refractivity contribution in [3.05, 3.63) is 47.5 Å². The van der Waals surface area contributed by atoms with Crippen molar-refractivity contribution in [1.82, 2.24) is 19.0 Å². The maximum absolute atomic E-state index is 13.2. The van der Waals surface area contributed by atoms with Crippen LogP contribution in [-0.2, 0) is 24.8 Å². The molecule has 4 aromatic rings. The molecule has 2 N–H and O–H groups in total. The molecular weight excluding hydrogens is 461 g/mol. The van der Waals surface area contributed by atoms with E-state index in [2.05, 4.69) is 27.3 Å². The number of carbonyl (C=O) groups excluding carboxylic acids is 1. The molecule has 0 fully saturated rings. The normalized spacial score (nSPS) is 15.5. The molecule has 0 saturated carbocycles. The molecule has 0 saturated heterocycles. The van der Waals surface area contributed by atoms with Gasteiger partial charge in [-0.25, -0.2) is 9.37 Å². The number of ether oxygens (including phenoxy) is 2. The van der Waals surface area contributed by atoms with Crippen LogP contribution >= 0.6 is 0 Å². The number of methoxy groups -OCH3 is 2. The molecule has 1 amide bonds. The van der Waals surface area contributed by atoms with Crippen molar-refractivity contribution in [3.63, 3.8) is 0 Å². The van der Waals surface area contributed by atoms with E-state index in [1.165, 1.54) is 0 Å². The number of alkyl halides is 1. The number of aryl methyl sites for hydroxylation is 1. The molecule has 5 rings (SSSR count). The first kappa shape index (κ1) is 24.3. The Morgan fingerprint density at radius 1 is 1.19 bits per heavy atom. The van der Waals surface area contributed by atoms with E-state index in [0.29, 0.717) is 25.1 Å². The Morgan fingerprint density at radius 3 is 2.72 bits per heavy atom. The Morgan fingerprint density at radius 2 is 2.00 bits per heavy atom. The van der Waals surface area contributed by atoms with Gasteiger partial charge < -0.3 is 29.2 Å². The minimum Gasteiger partial charge on any atom is -0.495 e. The first-order chi connectivity index (χ1) is 17.4. The summed E-state index contributed by atoms with van der Waals surface area (Å²) in [5.74, 6) is 1.45. The van der Waals surface area contributed by atoms with E-state index in [1.807, 2.05) is 32.2 Å². The van der Waals surface area contributed by atoms with Crippen molar-refractivity contribution in [2.24, 2.45) is 12.8 Å². The van der Waals surface area contributed by atoms with Gasteiger partial charge in [0.15, 0.2) is 5.82 Å². The molecule has 2 atom stereocenters. The van der Waals surface area contributed by atoms with E-state index in [0.717, 1.165) is 44.8 Å². The Labute approximate surface area is 209 Å². The largest absolute Gasteiger partial charge is 0.495 e. The standard InChI is InChI=1S/C27H32FN5O3/c1-16(35-3)14-33-23(11-18-6-5-7-24(36-4)25(18)33)26-30-21-12-20-17(10-22(21)31(26)2)8-9-32(27(20)34)15-19(29)13-28/h5-7,10-12,16,19H,8-9,13-15,29H2,1-4H3. The van der Waals surface area contributed by atoms with Gasteiger partial charge in [-0.15, -0.1) is 0 Å². The molecule has 0 bridgehead atoms. The fourth-order valence-corrected chi connectivity index (χ4v) is 5.11. The third-order valence-corrected chi connectivity index (χ3v) is 7.10. The first-order valence-electron chi connectivity index (χ1n) is 12.2. The molecule has 0 aliphatic carbocycles. The molecule has 0 spiro atoms. The van der Waals surface area contributed by atoms with Crippen LogP contribution in [-0.4, -0.2) is 71.1 Å². The number of imidazole rings is 1. The molecule has 1 aliphatic heterocycles. The number of hydrogen-bond acceptors (Lipinski definition) is 5. The summed E-state index contributed by atoms with van der Waals surface area (Å²) in [5.41, 5.74) is 11.0. The number of para-hydroxylation sites is 1. The lowest BCUT2D eigenvalue weighted by Crippen LogP contribution is -2.45. The van der Waals surface area contributed by atoms with Crippen molar-refractivity contribution in [2.45, 2.75) is 32.0 Å². The highest BCUT2D eigenvalue weighted by atomic mass is 19.1. The van der Waals surface area contributed by atoms with E-state index >= 15 is 0 Å². The maximum Gasteiger partial charge on any atom is 0.254 e. The minimum absolute atomic E-state index is 0.0226. The third kappa shape index (κ3) is 4.02. The first-order valence-corrected chi connectivity index (χ1v) is 12.2. The second-order valence-electron chi connectivity index (χ2n) is 9.49. The minimum atomic E-state index is -0.672. The highest BCUT2D eigenvalue weighted by Crippen LogP contribution is 2.35. The van der Waals surface area contributed by atoms with Gasteiger partial charge in [0.25, 0.3) is 5.91 Å². The van der Waals surface area contributed by atoms with E-state index in [1.54, 1.807) is 19.1 Å². The molecule has 8 nitrogen and oxygen atoms in total. The summed E-state index contributed by atoms with van der Waals surface area (Å²) in [5, 5.41) is 1.05. The van der Waals surface area contributed by atoms with Crippen LogP contribution in [0.2, 0.25) is 0 Å². The van der Waals surface area contributed by atoms with Crippen LogP contribution < -0.4 is 10.5 Å². The van der Waals surface area contributed by atoms with Crippen molar-refractivity contribution in [2.75, 3.05) is 34.0 Å². The Kier molecular flexibility index (Phi) is 6.44. The number of nitrogens with two attached hydrogens (primary N) is 1. The predicted molar refractivity (Wildman–Crippen MR) is 138 cm³/mol. The van der Waals surface area contributed by atoms with E-state index in [9.17, 15) is 9.18 Å². The van der Waals surface area contributed by atoms with Crippen LogP contribution in [0.4, 0.5) is 4.39 Å². The highest BCUT2D eigenvalue weighted by molar-refractivity contribution is 6.01. The number of halogens is 1. The fourth-order valence-electron chi connectivity index (χ4n) is 5.11. The molecule has 2 aromatic heterocycles. The van der Waals surface area contributed by atoms with Gasteiger partial charge >= 0.3 is 0 Å². The maximum atomic E-state index is 13.2. The zero-order chi connectivity index (χ0) is 25.6. The Balaban J connectivity index is 1.64. The molecule has 190 valence electrons. The van der Waals surface area contributed by atoms with Gasteiger partial charge in [0.2, 0.25) is 0 Å². The summed E-state index contributed by atoms with van der Waals surface area (Å²) in [6.45, 7) is 2.73. The predicted octanol–water partition coefficient (Wildman–Crippen LogP) is 3.53.